The highest BCUT2D eigenvalue weighted by Crippen LogP contribution is 2.22. The average Bonchev–Trinajstić information content (AvgIpc) is 3.39. The normalized spacial score (nSPS) is 11.0. The van der Waals surface area contributed by atoms with E-state index in [0.29, 0.717) is 6.42 Å². The predicted molar refractivity (Wildman–Crippen MR) is 113 cm³/mol. The molecule has 138 valence electrons. The van der Waals surface area contributed by atoms with Gasteiger partial charge in [-0.2, -0.15) is 10.2 Å². The Morgan fingerprint density at radius 3 is 2.50 bits per heavy atom. The van der Waals surface area contributed by atoms with Gasteiger partial charge >= 0.3 is 0 Å². The summed E-state index contributed by atoms with van der Waals surface area (Å²) in [6.07, 6.45) is 3.87. The zero-order chi connectivity index (χ0) is 19.2. The Bertz CT molecular complexity index is 1070. The number of rotatable bonds is 6. The third kappa shape index (κ3) is 4.24. The van der Waals surface area contributed by atoms with Gasteiger partial charge < -0.3 is 0 Å². The Morgan fingerprint density at radius 2 is 1.79 bits per heavy atom. The zero-order valence-electron chi connectivity index (χ0n) is 15.0. The fourth-order valence-corrected chi connectivity index (χ4v) is 3.50. The maximum Gasteiger partial charge on any atom is 0.245 e. The molecule has 6 heteroatoms. The van der Waals surface area contributed by atoms with E-state index < -0.39 is 0 Å². The number of carbonyl (C=O) groups excluding carboxylic acids is 1. The molecule has 0 radical (unpaired) electrons. The lowest BCUT2D eigenvalue weighted by Gasteiger charge is -2.00. The van der Waals surface area contributed by atoms with Crippen molar-refractivity contribution in [3.63, 3.8) is 0 Å². The molecule has 0 unspecified atom stereocenters. The SMILES string of the molecule is O=C(Cc1cccs1)N/N=C\c1cn(-c2ccccc2)nc1-c1ccccc1. The lowest BCUT2D eigenvalue weighted by atomic mass is 10.1. The molecule has 4 rings (SSSR count). The second kappa shape index (κ2) is 8.45. The van der Waals surface area contributed by atoms with Gasteiger partial charge in [0.1, 0.15) is 5.69 Å². The summed E-state index contributed by atoms with van der Waals surface area (Å²) in [6.45, 7) is 0. The first-order valence-corrected chi connectivity index (χ1v) is 9.72. The monoisotopic (exact) mass is 386 g/mol. The van der Waals surface area contributed by atoms with Gasteiger partial charge in [0, 0.05) is 22.2 Å². The maximum absolute atomic E-state index is 12.0. The van der Waals surface area contributed by atoms with Gasteiger partial charge in [-0.05, 0) is 23.6 Å². The maximum atomic E-state index is 12.0. The molecule has 0 saturated carbocycles. The van der Waals surface area contributed by atoms with Crippen molar-refractivity contribution in [1.82, 2.24) is 15.2 Å². The van der Waals surface area contributed by atoms with Crippen LogP contribution in [0, 0.1) is 0 Å². The summed E-state index contributed by atoms with van der Waals surface area (Å²) in [5, 5.41) is 10.8. The summed E-state index contributed by atoms with van der Waals surface area (Å²) in [6, 6.07) is 23.7. The fraction of sp³-hybridized carbons (Fsp3) is 0.0455. The molecule has 2 aromatic carbocycles. The van der Waals surface area contributed by atoms with Crippen molar-refractivity contribution in [2.45, 2.75) is 6.42 Å². The molecule has 1 N–H and O–H groups in total. The third-order valence-electron chi connectivity index (χ3n) is 4.12. The molecule has 4 aromatic rings. The number of hydrogen-bond donors (Lipinski definition) is 1. The van der Waals surface area contributed by atoms with E-state index in [4.69, 9.17) is 5.10 Å². The van der Waals surface area contributed by atoms with Crippen molar-refractivity contribution in [2.24, 2.45) is 5.10 Å². The fourth-order valence-electron chi connectivity index (χ4n) is 2.80. The van der Waals surface area contributed by atoms with E-state index in [9.17, 15) is 4.79 Å². The van der Waals surface area contributed by atoms with Gasteiger partial charge in [0.15, 0.2) is 0 Å². The van der Waals surface area contributed by atoms with Gasteiger partial charge in [-0.15, -0.1) is 11.3 Å². The Kier molecular flexibility index (Phi) is 5.40. The van der Waals surface area contributed by atoms with Crippen LogP contribution < -0.4 is 5.43 Å². The number of aromatic nitrogens is 2. The van der Waals surface area contributed by atoms with Crippen LogP contribution in [0.25, 0.3) is 16.9 Å². The molecular weight excluding hydrogens is 368 g/mol. The van der Waals surface area contributed by atoms with Crippen molar-refractivity contribution in [2.75, 3.05) is 0 Å². The Balaban J connectivity index is 1.58. The zero-order valence-corrected chi connectivity index (χ0v) is 15.8. The average molecular weight is 386 g/mol. The highest BCUT2D eigenvalue weighted by atomic mass is 32.1. The van der Waals surface area contributed by atoms with E-state index in [1.807, 2.05) is 89.1 Å². The second-order valence-corrected chi connectivity index (χ2v) is 7.16. The number of thiophene rings is 1. The van der Waals surface area contributed by atoms with Gasteiger partial charge in [-0.25, -0.2) is 10.1 Å². The minimum atomic E-state index is -0.143. The Labute approximate surface area is 167 Å². The first-order chi connectivity index (χ1) is 13.8. The van der Waals surface area contributed by atoms with E-state index in [2.05, 4.69) is 10.5 Å². The van der Waals surface area contributed by atoms with Crippen LogP contribution >= 0.6 is 11.3 Å². The first-order valence-electron chi connectivity index (χ1n) is 8.84. The number of nitrogens with one attached hydrogen (secondary N) is 1. The molecule has 5 nitrogen and oxygen atoms in total. The smallest absolute Gasteiger partial charge is 0.245 e. The standard InChI is InChI=1S/C22H18N4OS/c27-21(14-20-12-7-13-28-20)24-23-15-18-16-26(19-10-5-2-6-11-19)25-22(18)17-8-3-1-4-9-17/h1-13,15-16H,14H2,(H,24,27)/b23-15-. The molecule has 0 atom stereocenters. The van der Waals surface area contributed by atoms with Crippen LogP contribution in [0.15, 0.2) is 89.5 Å². The summed E-state index contributed by atoms with van der Waals surface area (Å²) in [5.41, 5.74) is 6.18. The Hall–Kier alpha value is -3.51. The van der Waals surface area contributed by atoms with Gasteiger partial charge in [0.25, 0.3) is 0 Å². The van der Waals surface area contributed by atoms with Crippen LogP contribution in [0.1, 0.15) is 10.4 Å². The largest absolute Gasteiger partial charge is 0.273 e. The van der Waals surface area contributed by atoms with Crippen LogP contribution in [0.5, 0.6) is 0 Å². The summed E-state index contributed by atoms with van der Waals surface area (Å²) >= 11 is 1.56. The molecule has 2 aromatic heterocycles. The van der Waals surface area contributed by atoms with Crippen molar-refractivity contribution in [3.05, 3.63) is 94.8 Å². The van der Waals surface area contributed by atoms with E-state index >= 15 is 0 Å². The topological polar surface area (TPSA) is 59.3 Å². The second-order valence-electron chi connectivity index (χ2n) is 6.13. The minimum Gasteiger partial charge on any atom is -0.273 e. The van der Waals surface area contributed by atoms with Crippen molar-refractivity contribution in [3.8, 4) is 16.9 Å². The van der Waals surface area contributed by atoms with Crippen LogP contribution in [0.2, 0.25) is 0 Å². The number of nitrogens with zero attached hydrogens (tertiary/aromatic N) is 3. The van der Waals surface area contributed by atoms with Gasteiger partial charge in [0.2, 0.25) is 5.91 Å². The molecule has 2 heterocycles. The van der Waals surface area contributed by atoms with Crippen LogP contribution in [0.4, 0.5) is 0 Å². The van der Waals surface area contributed by atoms with E-state index in [0.717, 1.165) is 27.4 Å². The highest BCUT2D eigenvalue weighted by Gasteiger charge is 2.11. The molecule has 0 aliphatic rings. The molecule has 0 bridgehead atoms. The first kappa shape index (κ1) is 17.9. The third-order valence-corrected chi connectivity index (χ3v) is 4.99. The molecule has 0 saturated heterocycles. The van der Waals surface area contributed by atoms with Crippen LogP contribution in [0.3, 0.4) is 0 Å². The number of hydrazone groups is 1. The van der Waals surface area contributed by atoms with Crippen LogP contribution in [-0.2, 0) is 11.2 Å². The summed E-state index contributed by atoms with van der Waals surface area (Å²) < 4.78 is 1.82. The quantitative estimate of drug-likeness (QED) is 0.397. The number of hydrogen-bond acceptors (Lipinski definition) is 4. The number of carbonyl (C=O) groups is 1. The summed E-state index contributed by atoms with van der Waals surface area (Å²) in [5.74, 6) is -0.143. The molecule has 0 aliphatic carbocycles. The van der Waals surface area contributed by atoms with Crippen molar-refractivity contribution in [1.29, 1.82) is 0 Å². The molecule has 0 fully saturated rings. The van der Waals surface area contributed by atoms with Gasteiger partial charge in [-0.1, -0.05) is 54.6 Å². The number of para-hydroxylation sites is 1. The lowest BCUT2D eigenvalue weighted by molar-refractivity contribution is -0.120. The summed E-state index contributed by atoms with van der Waals surface area (Å²) in [7, 11) is 0. The number of amides is 1. The minimum absolute atomic E-state index is 0.143. The van der Waals surface area contributed by atoms with Crippen molar-refractivity contribution >= 4 is 23.5 Å². The van der Waals surface area contributed by atoms with Gasteiger partial charge in [-0.3, -0.25) is 4.79 Å². The van der Waals surface area contributed by atoms with Gasteiger partial charge in [0.05, 0.1) is 18.3 Å². The molecule has 1 amide bonds. The highest BCUT2D eigenvalue weighted by molar-refractivity contribution is 7.10. The van der Waals surface area contributed by atoms with E-state index in [1.165, 1.54) is 0 Å². The molecule has 0 spiro atoms. The summed E-state index contributed by atoms with van der Waals surface area (Å²) in [4.78, 5) is 13.1. The van der Waals surface area contributed by atoms with Crippen molar-refractivity contribution < 1.29 is 4.79 Å². The van der Waals surface area contributed by atoms with E-state index in [-0.39, 0.29) is 5.91 Å². The predicted octanol–water partition coefficient (Wildman–Crippen LogP) is 4.29. The Morgan fingerprint density at radius 1 is 1.04 bits per heavy atom. The number of benzene rings is 2. The molecular formula is C22H18N4OS. The lowest BCUT2D eigenvalue weighted by Crippen LogP contribution is -2.19. The molecule has 28 heavy (non-hydrogen) atoms. The van der Waals surface area contributed by atoms with E-state index in [1.54, 1.807) is 17.6 Å². The molecule has 0 aliphatic heterocycles. The van der Waals surface area contributed by atoms with Crippen LogP contribution in [-0.4, -0.2) is 21.9 Å².